The van der Waals surface area contributed by atoms with E-state index < -0.39 is 15.9 Å². The van der Waals surface area contributed by atoms with Crippen molar-refractivity contribution in [2.45, 2.75) is 31.8 Å². The maximum atomic E-state index is 11.3. The zero-order chi connectivity index (χ0) is 11.6. The lowest BCUT2D eigenvalue weighted by Crippen LogP contribution is -2.30. The van der Waals surface area contributed by atoms with Crippen LogP contribution in [-0.4, -0.2) is 44.3 Å². The molecule has 2 aliphatic heterocycles. The van der Waals surface area contributed by atoms with E-state index in [1.54, 1.807) is 0 Å². The molecule has 0 aromatic carbocycles. The lowest BCUT2D eigenvalue weighted by atomic mass is 9.89. The van der Waals surface area contributed by atoms with Crippen LogP contribution in [0.1, 0.15) is 25.7 Å². The summed E-state index contributed by atoms with van der Waals surface area (Å²) in [6.45, 7) is 1.42. The molecular formula is C11H20O4S. The highest BCUT2D eigenvalue weighted by atomic mass is 32.2. The number of sulfone groups is 1. The summed E-state index contributed by atoms with van der Waals surface area (Å²) in [6.07, 6.45) is 2.95. The highest BCUT2D eigenvalue weighted by Gasteiger charge is 2.32. The van der Waals surface area contributed by atoms with Crippen molar-refractivity contribution < 1.29 is 18.3 Å². The zero-order valence-corrected chi connectivity index (χ0v) is 10.3. The zero-order valence-electron chi connectivity index (χ0n) is 9.47. The van der Waals surface area contributed by atoms with E-state index in [0.717, 1.165) is 19.4 Å². The predicted molar refractivity (Wildman–Crippen MR) is 60.9 cm³/mol. The maximum absolute atomic E-state index is 11.3. The third kappa shape index (κ3) is 3.18. The molecule has 2 heterocycles. The van der Waals surface area contributed by atoms with Gasteiger partial charge in [0, 0.05) is 12.5 Å². The van der Waals surface area contributed by atoms with Crippen molar-refractivity contribution >= 4 is 9.84 Å². The Morgan fingerprint density at radius 3 is 2.75 bits per heavy atom. The monoisotopic (exact) mass is 248 g/mol. The first-order valence-electron chi connectivity index (χ1n) is 6.03. The molecule has 0 amide bonds. The molecule has 3 atom stereocenters. The molecule has 3 unspecified atom stereocenters. The van der Waals surface area contributed by atoms with E-state index >= 15 is 0 Å². The van der Waals surface area contributed by atoms with Crippen LogP contribution in [0.3, 0.4) is 0 Å². The van der Waals surface area contributed by atoms with Crippen molar-refractivity contribution in [2.24, 2.45) is 11.8 Å². The number of ether oxygens (including phenoxy) is 1. The van der Waals surface area contributed by atoms with Gasteiger partial charge in [0.25, 0.3) is 0 Å². The van der Waals surface area contributed by atoms with Crippen LogP contribution in [0.25, 0.3) is 0 Å². The molecule has 2 rings (SSSR count). The Bertz CT molecular complexity index is 319. The van der Waals surface area contributed by atoms with Gasteiger partial charge in [0.1, 0.15) is 0 Å². The fourth-order valence-electron chi connectivity index (χ4n) is 2.66. The second kappa shape index (κ2) is 5.02. The van der Waals surface area contributed by atoms with Gasteiger partial charge in [-0.2, -0.15) is 0 Å². The second-order valence-electron chi connectivity index (χ2n) is 5.05. The molecule has 0 aromatic heterocycles. The fraction of sp³-hybridized carbons (Fsp3) is 1.00. The Morgan fingerprint density at radius 2 is 2.19 bits per heavy atom. The Balaban J connectivity index is 1.80. The minimum absolute atomic E-state index is 0.155. The first-order valence-corrected chi connectivity index (χ1v) is 7.85. The Morgan fingerprint density at radius 1 is 1.38 bits per heavy atom. The third-order valence-corrected chi connectivity index (χ3v) is 5.48. The average Bonchev–Trinajstić information content (AvgIpc) is 2.59. The lowest BCUT2D eigenvalue weighted by molar-refractivity contribution is -0.0165. The smallest absolute Gasteiger partial charge is 0.150 e. The first-order chi connectivity index (χ1) is 7.57. The number of rotatable bonds is 3. The van der Waals surface area contributed by atoms with Crippen LogP contribution in [0.4, 0.5) is 0 Å². The number of aliphatic hydroxyl groups is 1. The topological polar surface area (TPSA) is 63.6 Å². The number of hydrogen-bond acceptors (Lipinski definition) is 4. The summed E-state index contributed by atoms with van der Waals surface area (Å²) in [6, 6.07) is 0. The first kappa shape index (κ1) is 12.3. The molecule has 0 aromatic rings. The highest BCUT2D eigenvalue weighted by Crippen LogP contribution is 2.27. The predicted octanol–water partition coefficient (Wildman–Crippen LogP) is 0.599. The molecular weight excluding hydrogens is 228 g/mol. The lowest BCUT2D eigenvalue weighted by Gasteiger charge is -2.28. The molecule has 94 valence electrons. The van der Waals surface area contributed by atoms with Crippen LogP contribution < -0.4 is 0 Å². The quantitative estimate of drug-likeness (QED) is 0.794. The molecule has 2 fully saturated rings. The van der Waals surface area contributed by atoms with Crippen LogP contribution in [0.15, 0.2) is 0 Å². The Kier molecular flexibility index (Phi) is 3.87. The van der Waals surface area contributed by atoms with E-state index in [9.17, 15) is 13.5 Å². The molecule has 0 radical (unpaired) electrons. The summed E-state index contributed by atoms with van der Waals surface area (Å²) in [4.78, 5) is 0. The minimum Gasteiger partial charge on any atom is -0.393 e. The van der Waals surface area contributed by atoms with Gasteiger partial charge in [0.2, 0.25) is 0 Å². The number of hydrogen-bond donors (Lipinski definition) is 1. The van der Waals surface area contributed by atoms with E-state index in [-0.39, 0.29) is 17.6 Å². The number of aliphatic hydroxyl groups excluding tert-OH is 1. The summed E-state index contributed by atoms with van der Waals surface area (Å²) in [5, 5.41) is 10.0. The molecule has 16 heavy (non-hydrogen) atoms. The van der Waals surface area contributed by atoms with Gasteiger partial charge in [-0.25, -0.2) is 8.42 Å². The van der Waals surface area contributed by atoms with Crippen LogP contribution in [0.2, 0.25) is 0 Å². The largest absolute Gasteiger partial charge is 0.393 e. The molecule has 0 spiro atoms. The molecule has 1 N–H and O–H groups in total. The minimum atomic E-state index is -2.81. The highest BCUT2D eigenvalue weighted by molar-refractivity contribution is 7.91. The average molecular weight is 248 g/mol. The van der Waals surface area contributed by atoms with Crippen LogP contribution >= 0.6 is 0 Å². The molecule has 4 nitrogen and oxygen atoms in total. The van der Waals surface area contributed by atoms with Crippen molar-refractivity contribution in [3.05, 3.63) is 0 Å². The van der Waals surface area contributed by atoms with Gasteiger partial charge in [-0.3, -0.25) is 0 Å². The SMILES string of the molecule is O=S1(=O)CCC(CC(O)C2CCCOC2)C1. The molecule has 0 bridgehead atoms. The van der Waals surface area contributed by atoms with E-state index in [2.05, 4.69) is 0 Å². The van der Waals surface area contributed by atoms with E-state index in [0.29, 0.717) is 25.2 Å². The third-order valence-electron chi connectivity index (χ3n) is 3.64. The van der Waals surface area contributed by atoms with Gasteiger partial charge in [-0.15, -0.1) is 0 Å². The summed E-state index contributed by atoms with van der Waals surface area (Å²) < 4.78 is 27.9. The van der Waals surface area contributed by atoms with Gasteiger partial charge in [-0.1, -0.05) is 0 Å². The Labute approximate surface area is 96.9 Å². The Hall–Kier alpha value is -0.130. The summed E-state index contributed by atoms with van der Waals surface area (Å²) in [7, 11) is -2.81. The van der Waals surface area contributed by atoms with Gasteiger partial charge in [-0.05, 0) is 31.6 Å². The maximum Gasteiger partial charge on any atom is 0.150 e. The van der Waals surface area contributed by atoms with Crippen LogP contribution in [0.5, 0.6) is 0 Å². The van der Waals surface area contributed by atoms with Crippen LogP contribution in [-0.2, 0) is 14.6 Å². The van der Waals surface area contributed by atoms with Crippen molar-refractivity contribution in [1.29, 1.82) is 0 Å². The van der Waals surface area contributed by atoms with Crippen LogP contribution in [0, 0.1) is 11.8 Å². The fourth-order valence-corrected chi connectivity index (χ4v) is 4.54. The normalized spacial score (nSPS) is 36.1. The molecule has 0 aliphatic carbocycles. The molecule has 2 aliphatic rings. The second-order valence-corrected chi connectivity index (χ2v) is 7.28. The van der Waals surface area contributed by atoms with E-state index in [1.165, 1.54) is 0 Å². The van der Waals surface area contributed by atoms with Crippen molar-refractivity contribution in [1.82, 2.24) is 0 Å². The van der Waals surface area contributed by atoms with Crippen molar-refractivity contribution in [3.63, 3.8) is 0 Å². The molecule has 5 heteroatoms. The van der Waals surface area contributed by atoms with Gasteiger partial charge < -0.3 is 9.84 Å². The molecule has 0 saturated carbocycles. The van der Waals surface area contributed by atoms with E-state index in [1.807, 2.05) is 0 Å². The standard InChI is InChI=1S/C11H20O4S/c12-11(10-2-1-4-15-7-10)6-9-3-5-16(13,14)8-9/h9-12H,1-8H2. The van der Waals surface area contributed by atoms with Gasteiger partial charge in [0.15, 0.2) is 9.84 Å². The van der Waals surface area contributed by atoms with Crippen molar-refractivity contribution in [3.8, 4) is 0 Å². The van der Waals surface area contributed by atoms with Gasteiger partial charge >= 0.3 is 0 Å². The van der Waals surface area contributed by atoms with E-state index in [4.69, 9.17) is 4.74 Å². The summed E-state index contributed by atoms with van der Waals surface area (Å²) in [5.74, 6) is 0.919. The molecule has 2 saturated heterocycles. The van der Waals surface area contributed by atoms with Crippen molar-refractivity contribution in [2.75, 3.05) is 24.7 Å². The summed E-state index contributed by atoms with van der Waals surface area (Å²) in [5.41, 5.74) is 0. The van der Waals surface area contributed by atoms with Gasteiger partial charge in [0.05, 0.1) is 24.2 Å². The summed E-state index contributed by atoms with van der Waals surface area (Å²) >= 11 is 0.